The number of benzene rings is 1. The summed E-state index contributed by atoms with van der Waals surface area (Å²) in [5.41, 5.74) is 1.17. The summed E-state index contributed by atoms with van der Waals surface area (Å²) in [6, 6.07) is 4.82. The lowest BCUT2D eigenvalue weighted by atomic mass is 10.2. The number of rotatable bonds is 4. The predicted octanol–water partition coefficient (Wildman–Crippen LogP) is 2.76. The highest BCUT2D eigenvalue weighted by atomic mass is 32.2. The Balaban J connectivity index is 2.63. The normalized spacial score (nSPS) is 12.5. The van der Waals surface area contributed by atoms with Gasteiger partial charge in [-0.15, -0.1) is 0 Å². The Labute approximate surface area is 108 Å². The second-order valence-electron chi connectivity index (χ2n) is 5.34. The molecule has 0 spiro atoms. The zero-order valence-electron chi connectivity index (χ0n) is 11.2. The summed E-state index contributed by atoms with van der Waals surface area (Å²) in [6.45, 7) is 6.99. The van der Waals surface area contributed by atoms with E-state index in [-0.39, 0.29) is 18.1 Å². The van der Waals surface area contributed by atoms with Gasteiger partial charge in [-0.25, -0.2) is 12.8 Å². The fourth-order valence-corrected chi connectivity index (χ4v) is 2.37. The van der Waals surface area contributed by atoms with Crippen molar-refractivity contribution in [2.24, 2.45) is 0 Å². The zero-order chi connectivity index (χ0) is 14.0. The van der Waals surface area contributed by atoms with Gasteiger partial charge < -0.3 is 5.32 Å². The van der Waals surface area contributed by atoms with Gasteiger partial charge in [-0.05, 0) is 45.4 Å². The summed E-state index contributed by atoms with van der Waals surface area (Å²) < 4.78 is 36.4. The van der Waals surface area contributed by atoms with Gasteiger partial charge in [0.05, 0.1) is 16.2 Å². The molecular weight excluding hydrogens is 253 g/mol. The van der Waals surface area contributed by atoms with E-state index in [1.54, 1.807) is 39.8 Å². The molecule has 3 nitrogen and oxygen atoms in total. The molecule has 1 rings (SSSR count). The lowest BCUT2D eigenvalue weighted by molar-refractivity contribution is 0.560. The molecule has 1 N–H and O–H groups in total. The van der Waals surface area contributed by atoms with E-state index in [1.807, 2.05) is 0 Å². The molecule has 0 aliphatic rings. The molecule has 0 aliphatic heterocycles. The van der Waals surface area contributed by atoms with Crippen LogP contribution in [-0.2, 0) is 9.84 Å². The maximum atomic E-state index is 13.5. The van der Waals surface area contributed by atoms with Crippen LogP contribution in [0.4, 0.5) is 10.1 Å². The standard InChI is InChI=1S/C13H20FNO2S/c1-10-5-6-12(11(14)9-10)15-7-8-18(16,17)13(2,3)4/h5-6,9,15H,7-8H2,1-4H3. The minimum Gasteiger partial charge on any atom is -0.382 e. The first-order chi connectivity index (χ1) is 8.13. The van der Waals surface area contributed by atoms with Gasteiger partial charge in [0, 0.05) is 6.54 Å². The molecule has 0 fully saturated rings. The fraction of sp³-hybridized carbons (Fsp3) is 0.538. The Bertz CT molecular complexity index is 518. The van der Waals surface area contributed by atoms with Crippen LogP contribution < -0.4 is 5.32 Å². The summed E-state index contributed by atoms with van der Waals surface area (Å²) in [6.07, 6.45) is 0. The van der Waals surface area contributed by atoms with Gasteiger partial charge in [-0.1, -0.05) is 6.07 Å². The Hall–Kier alpha value is -1.10. The maximum absolute atomic E-state index is 13.5. The van der Waals surface area contributed by atoms with Crippen molar-refractivity contribution < 1.29 is 12.8 Å². The largest absolute Gasteiger partial charge is 0.382 e. The monoisotopic (exact) mass is 273 g/mol. The average Bonchev–Trinajstić information content (AvgIpc) is 2.19. The highest BCUT2D eigenvalue weighted by Crippen LogP contribution is 2.17. The van der Waals surface area contributed by atoms with Crippen molar-refractivity contribution in [3.63, 3.8) is 0 Å². The maximum Gasteiger partial charge on any atom is 0.156 e. The van der Waals surface area contributed by atoms with E-state index < -0.39 is 14.6 Å². The van der Waals surface area contributed by atoms with Crippen LogP contribution in [0.3, 0.4) is 0 Å². The zero-order valence-corrected chi connectivity index (χ0v) is 12.1. The van der Waals surface area contributed by atoms with Gasteiger partial charge >= 0.3 is 0 Å². The van der Waals surface area contributed by atoms with Crippen LogP contribution in [-0.4, -0.2) is 25.5 Å². The molecule has 0 aliphatic carbocycles. The van der Waals surface area contributed by atoms with Crippen LogP contribution in [0, 0.1) is 12.7 Å². The van der Waals surface area contributed by atoms with Gasteiger partial charge in [0.15, 0.2) is 9.84 Å². The minimum atomic E-state index is -3.17. The first-order valence-corrected chi connectivity index (χ1v) is 7.51. The molecule has 1 aromatic rings. The van der Waals surface area contributed by atoms with E-state index in [0.717, 1.165) is 5.56 Å². The van der Waals surface area contributed by atoms with E-state index in [2.05, 4.69) is 5.32 Å². The lowest BCUT2D eigenvalue weighted by Crippen LogP contribution is -2.32. The van der Waals surface area contributed by atoms with Gasteiger partial charge in [0.1, 0.15) is 5.82 Å². The second kappa shape index (κ2) is 5.26. The Morgan fingerprint density at radius 3 is 2.39 bits per heavy atom. The smallest absolute Gasteiger partial charge is 0.156 e. The van der Waals surface area contributed by atoms with E-state index in [1.165, 1.54) is 6.07 Å². The number of anilines is 1. The summed E-state index contributed by atoms with van der Waals surface area (Å²) in [7, 11) is -3.17. The van der Waals surface area contributed by atoms with Crippen molar-refractivity contribution in [1.29, 1.82) is 0 Å². The fourth-order valence-electron chi connectivity index (χ4n) is 1.39. The molecule has 0 saturated carbocycles. The molecule has 0 heterocycles. The van der Waals surface area contributed by atoms with E-state index in [4.69, 9.17) is 0 Å². The molecule has 5 heteroatoms. The van der Waals surface area contributed by atoms with Crippen molar-refractivity contribution in [3.05, 3.63) is 29.6 Å². The molecule has 0 bridgehead atoms. The van der Waals surface area contributed by atoms with Crippen molar-refractivity contribution in [3.8, 4) is 0 Å². The van der Waals surface area contributed by atoms with E-state index in [0.29, 0.717) is 5.69 Å². The lowest BCUT2D eigenvalue weighted by Gasteiger charge is -2.19. The predicted molar refractivity (Wildman–Crippen MR) is 73.2 cm³/mol. The first kappa shape index (κ1) is 15.0. The summed E-state index contributed by atoms with van der Waals surface area (Å²) >= 11 is 0. The van der Waals surface area contributed by atoms with Crippen molar-refractivity contribution in [1.82, 2.24) is 0 Å². The Morgan fingerprint density at radius 2 is 1.89 bits per heavy atom. The molecule has 18 heavy (non-hydrogen) atoms. The third-order valence-corrected chi connectivity index (χ3v) is 5.35. The molecular formula is C13H20FNO2S. The second-order valence-corrected chi connectivity index (χ2v) is 8.20. The number of hydrogen-bond acceptors (Lipinski definition) is 3. The number of halogens is 1. The van der Waals surface area contributed by atoms with Crippen LogP contribution in [0.2, 0.25) is 0 Å². The van der Waals surface area contributed by atoms with Crippen LogP contribution >= 0.6 is 0 Å². The molecule has 0 unspecified atom stereocenters. The highest BCUT2D eigenvalue weighted by molar-refractivity contribution is 7.92. The van der Waals surface area contributed by atoms with Crippen LogP contribution in [0.15, 0.2) is 18.2 Å². The quantitative estimate of drug-likeness (QED) is 0.917. The van der Waals surface area contributed by atoms with E-state index >= 15 is 0 Å². The number of nitrogens with one attached hydrogen (secondary N) is 1. The van der Waals surface area contributed by atoms with E-state index in [9.17, 15) is 12.8 Å². The van der Waals surface area contributed by atoms with Gasteiger partial charge in [0.25, 0.3) is 0 Å². The third kappa shape index (κ3) is 3.70. The average molecular weight is 273 g/mol. The summed E-state index contributed by atoms with van der Waals surface area (Å²) in [5, 5.41) is 2.81. The summed E-state index contributed by atoms with van der Waals surface area (Å²) in [5.74, 6) is -0.368. The van der Waals surface area contributed by atoms with Crippen molar-refractivity contribution >= 4 is 15.5 Å². The van der Waals surface area contributed by atoms with Crippen LogP contribution in [0.5, 0.6) is 0 Å². The Morgan fingerprint density at radius 1 is 1.28 bits per heavy atom. The number of aryl methyl sites for hydroxylation is 1. The molecule has 102 valence electrons. The van der Waals surface area contributed by atoms with Gasteiger partial charge in [0.2, 0.25) is 0 Å². The van der Waals surface area contributed by atoms with Gasteiger partial charge in [-0.2, -0.15) is 0 Å². The molecule has 0 amide bonds. The minimum absolute atomic E-state index is 0.0101. The molecule has 0 aromatic heterocycles. The molecule has 0 atom stereocenters. The topological polar surface area (TPSA) is 46.2 Å². The number of sulfone groups is 1. The van der Waals surface area contributed by atoms with Gasteiger partial charge in [-0.3, -0.25) is 0 Å². The molecule has 0 radical (unpaired) electrons. The van der Waals surface area contributed by atoms with Crippen LogP contribution in [0.1, 0.15) is 26.3 Å². The van der Waals surface area contributed by atoms with Crippen molar-refractivity contribution in [2.45, 2.75) is 32.4 Å². The Kier molecular flexibility index (Phi) is 4.37. The highest BCUT2D eigenvalue weighted by Gasteiger charge is 2.28. The third-order valence-electron chi connectivity index (χ3n) is 2.74. The SMILES string of the molecule is Cc1ccc(NCCS(=O)(=O)C(C)(C)C)c(F)c1. The first-order valence-electron chi connectivity index (χ1n) is 5.86. The number of hydrogen-bond donors (Lipinski definition) is 1. The molecule has 1 aromatic carbocycles. The molecule has 0 saturated heterocycles. The van der Waals surface area contributed by atoms with Crippen molar-refractivity contribution in [2.75, 3.05) is 17.6 Å². The van der Waals surface area contributed by atoms with Crippen LogP contribution in [0.25, 0.3) is 0 Å². The summed E-state index contributed by atoms with van der Waals surface area (Å²) in [4.78, 5) is 0.